The van der Waals surface area contributed by atoms with Crippen molar-refractivity contribution in [2.24, 2.45) is 0 Å². The summed E-state index contributed by atoms with van der Waals surface area (Å²) in [5.74, 6) is 0.151. The van der Waals surface area contributed by atoms with Gasteiger partial charge in [0.25, 0.3) is 5.69 Å². The van der Waals surface area contributed by atoms with Crippen molar-refractivity contribution >= 4 is 23.0 Å². The van der Waals surface area contributed by atoms with Crippen molar-refractivity contribution < 1.29 is 10.0 Å². The highest BCUT2D eigenvalue weighted by atomic mass is 35.5. The fourth-order valence-electron chi connectivity index (χ4n) is 1.60. The van der Waals surface area contributed by atoms with E-state index in [0.717, 1.165) is 16.8 Å². The van der Waals surface area contributed by atoms with Crippen LogP contribution in [0.15, 0.2) is 12.1 Å². The van der Waals surface area contributed by atoms with Crippen LogP contribution >= 0.6 is 11.6 Å². The quantitative estimate of drug-likeness (QED) is 0.482. The molecule has 0 bridgehead atoms. The van der Waals surface area contributed by atoms with Gasteiger partial charge in [0, 0.05) is 24.4 Å². The van der Waals surface area contributed by atoms with Crippen LogP contribution in [0, 0.1) is 24.0 Å². The Morgan fingerprint density at radius 3 is 2.41 bits per heavy atom. The first kappa shape index (κ1) is 13.7. The van der Waals surface area contributed by atoms with Crippen LogP contribution in [-0.2, 0) is 0 Å². The molecule has 0 amide bonds. The number of nitro benzene ring substituents is 1. The molecule has 0 heterocycles. The summed E-state index contributed by atoms with van der Waals surface area (Å²) in [6.07, 6.45) is -0.634. The third-order valence-electron chi connectivity index (χ3n) is 2.42. The Morgan fingerprint density at radius 2 is 2.00 bits per heavy atom. The highest BCUT2D eigenvalue weighted by Crippen LogP contribution is 2.25. The van der Waals surface area contributed by atoms with E-state index >= 15 is 0 Å². The molecule has 5 nitrogen and oxygen atoms in total. The average molecular weight is 259 g/mol. The Bertz CT molecular complexity index is 400. The summed E-state index contributed by atoms with van der Waals surface area (Å²) in [7, 11) is 0. The van der Waals surface area contributed by atoms with Crippen LogP contribution in [0.5, 0.6) is 0 Å². The maximum atomic E-state index is 10.7. The highest BCUT2D eigenvalue weighted by Gasteiger charge is 2.12. The number of rotatable bonds is 5. The normalized spacial score (nSPS) is 12.2. The predicted octanol–water partition coefficient (Wildman–Crippen LogP) is 2.22. The number of nitrogens with zero attached hydrogens (tertiary/aromatic N) is 1. The van der Waals surface area contributed by atoms with Crippen molar-refractivity contribution in [1.29, 1.82) is 0 Å². The lowest BCUT2D eigenvalue weighted by atomic mass is 10.1. The number of aliphatic hydroxyl groups is 1. The summed E-state index contributed by atoms with van der Waals surface area (Å²) in [6, 6.07) is 3.00. The van der Waals surface area contributed by atoms with Crippen molar-refractivity contribution in [3.8, 4) is 0 Å². The molecule has 1 rings (SSSR count). The van der Waals surface area contributed by atoms with Gasteiger partial charge in [-0.15, -0.1) is 11.6 Å². The Balaban J connectivity index is 2.90. The summed E-state index contributed by atoms with van der Waals surface area (Å²) in [6.45, 7) is 3.90. The monoisotopic (exact) mass is 258 g/mol. The smallest absolute Gasteiger partial charge is 0.270 e. The highest BCUT2D eigenvalue weighted by molar-refractivity contribution is 6.18. The summed E-state index contributed by atoms with van der Waals surface area (Å²) in [5.41, 5.74) is 2.43. The van der Waals surface area contributed by atoms with Crippen LogP contribution in [-0.4, -0.2) is 28.6 Å². The van der Waals surface area contributed by atoms with Gasteiger partial charge >= 0.3 is 0 Å². The van der Waals surface area contributed by atoms with Crippen molar-refractivity contribution in [2.75, 3.05) is 17.7 Å². The molecule has 1 aromatic carbocycles. The summed E-state index contributed by atoms with van der Waals surface area (Å²) in [5, 5.41) is 23.0. The number of halogens is 1. The molecule has 1 aromatic rings. The van der Waals surface area contributed by atoms with Crippen LogP contribution in [0.25, 0.3) is 0 Å². The Kier molecular flexibility index (Phi) is 4.72. The molecule has 0 radical (unpaired) electrons. The molecule has 6 heteroatoms. The molecular weight excluding hydrogens is 244 g/mol. The first-order valence-electron chi connectivity index (χ1n) is 5.19. The molecule has 0 aromatic heterocycles. The third kappa shape index (κ3) is 3.57. The fourth-order valence-corrected chi connectivity index (χ4v) is 1.71. The van der Waals surface area contributed by atoms with Gasteiger partial charge in [0.05, 0.1) is 16.9 Å². The minimum atomic E-state index is -0.634. The van der Waals surface area contributed by atoms with Gasteiger partial charge in [-0.3, -0.25) is 10.1 Å². The van der Waals surface area contributed by atoms with Gasteiger partial charge in [-0.2, -0.15) is 0 Å². The SMILES string of the molecule is Cc1cc([N+](=O)[O-])cc(C)c1NCC(O)CCl. The zero-order valence-electron chi connectivity index (χ0n) is 9.74. The van der Waals surface area contributed by atoms with Gasteiger partial charge < -0.3 is 10.4 Å². The molecule has 1 unspecified atom stereocenters. The number of non-ortho nitro benzene ring substituents is 1. The Hall–Kier alpha value is -1.33. The number of alkyl halides is 1. The summed E-state index contributed by atoms with van der Waals surface area (Å²) in [4.78, 5) is 10.2. The van der Waals surface area contributed by atoms with E-state index in [1.54, 1.807) is 13.8 Å². The number of hydrogen-bond donors (Lipinski definition) is 2. The first-order chi connectivity index (χ1) is 7.95. The Labute approximate surface area is 105 Å². The second-order valence-corrected chi connectivity index (χ2v) is 4.21. The number of aliphatic hydroxyl groups excluding tert-OH is 1. The molecule has 1 atom stereocenters. The van der Waals surface area contributed by atoms with Crippen LogP contribution in [0.1, 0.15) is 11.1 Å². The van der Waals surface area contributed by atoms with Crippen LogP contribution in [0.4, 0.5) is 11.4 Å². The number of aryl methyl sites for hydroxylation is 2. The van der Waals surface area contributed by atoms with Crippen LogP contribution in [0.2, 0.25) is 0 Å². The maximum absolute atomic E-state index is 10.7. The topological polar surface area (TPSA) is 75.4 Å². The van der Waals surface area contributed by atoms with Gasteiger partial charge in [0.2, 0.25) is 0 Å². The molecule has 0 saturated heterocycles. The largest absolute Gasteiger partial charge is 0.390 e. The minimum Gasteiger partial charge on any atom is -0.390 e. The van der Waals surface area contributed by atoms with E-state index in [2.05, 4.69) is 5.32 Å². The van der Waals surface area contributed by atoms with E-state index in [1.165, 1.54) is 12.1 Å². The Morgan fingerprint density at radius 1 is 1.47 bits per heavy atom. The number of benzene rings is 1. The van der Waals surface area contributed by atoms with E-state index in [0.29, 0.717) is 6.54 Å². The first-order valence-corrected chi connectivity index (χ1v) is 5.72. The number of hydrogen-bond acceptors (Lipinski definition) is 4. The number of nitro groups is 1. The molecule has 0 aliphatic rings. The van der Waals surface area contributed by atoms with E-state index in [1.807, 2.05) is 0 Å². The maximum Gasteiger partial charge on any atom is 0.270 e. The van der Waals surface area contributed by atoms with Gasteiger partial charge in [-0.1, -0.05) is 0 Å². The second-order valence-electron chi connectivity index (χ2n) is 3.90. The van der Waals surface area contributed by atoms with E-state index in [9.17, 15) is 15.2 Å². The van der Waals surface area contributed by atoms with Crippen molar-refractivity contribution in [3.63, 3.8) is 0 Å². The molecule has 0 saturated carbocycles. The summed E-state index contributed by atoms with van der Waals surface area (Å²) >= 11 is 5.49. The zero-order chi connectivity index (χ0) is 13.0. The molecule has 94 valence electrons. The van der Waals surface area contributed by atoms with Crippen molar-refractivity contribution in [2.45, 2.75) is 20.0 Å². The zero-order valence-corrected chi connectivity index (χ0v) is 10.5. The molecule has 0 aliphatic carbocycles. The second kappa shape index (κ2) is 5.84. The molecule has 2 N–H and O–H groups in total. The van der Waals surface area contributed by atoms with Gasteiger partial charge in [0.1, 0.15) is 0 Å². The van der Waals surface area contributed by atoms with Crippen molar-refractivity contribution in [3.05, 3.63) is 33.4 Å². The number of nitrogens with one attached hydrogen (secondary N) is 1. The van der Waals surface area contributed by atoms with Crippen LogP contribution in [0.3, 0.4) is 0 Å². The molecule has 0 fully saturated rings. The molecule has 0 spiro atoms. The lowest BCUT2D eigenvalue weighted by Gasteiger charge is -2.14. The minimum absolute atomic E-state index is 0.0726. The van der Waals surface area contributed by atoms with Gasteiger partial charge in [-0.25, -0.2) is 0 Å². The number of anilines is 1. The van der Waals surface area contributed by atoms with Crippen LogP contribution < -0.4 is 5.32 Å². The van der Waals surface area contributed by atoms with E-state index in [4.69, 9.17) is 11.6 Å². The molecule has 0 aliphatic heterocycles. The predicted molar refractivity (Wildman–Crippen MR) is 67.8 cm³/mol. The lowest BCUT2D eigenvalue weighted by molar-refractivity contribution is -0.384. The summed E-state index contributed by atoms with van der Waals surface area (Å²) < 4.78 is 0. The van der Waals surface area contributed by atoms with Crippen molar-refractivity contribution in [1.82, 2.24) is 0 Å². The fraction of sp³-hybridized carbons (Fsp3) is 0.455. The molecular formula is C11H15ClN2O3. The van der Waals surface area contributed by atoms with Gasteiger partial charge in [0.15, 0.2) is 0 Å². The van der Waals surface area contributed by atoms with E-state index in [-0.39, 0.29) is 11.6 Å². The van der Waals surface area contributed by atoms with Gasteiger partial charge in [-0.05, 0) is 25.0 Å². The molecule has 17 heavy (non-hydrogen) atoms. The van der Waals surface area contributed by atoms with E-state index < -0.39 is 11.0 Å². The lowest BCUT2D eigenvalue weighted by Crippen LogP contribution is -2.21. The third-order valence-corrected chi connectivity index (χ3v) is 2.78. The average Bonchev–Trinajstić information content (AvgIpc) is 2.27. The standard InChI is InChI=1S/C11H15ClN2O3/c1-7-3-9(14(16)17)4-8(2)11(7)13-6-10(15)5-12/h3-4,10,13,15H,5-6H2,1-2H3.